The molecule has 7 nitrogen and oxygen atoms in total. The van der Waals surface area contributed by atoms with Crippen LogP contribution in [0.3, 0.4) is 0 Å². The van der Waals surface area contributed by atoms with Crippen molar-refractivity contribution in [2.75, 3.05) is 12.3 Å². The maximum absolute atomic E-state index is 11.5. The van der Waals surface area contributed by atoms with Crippen LogP contribution in [0.1, 0.15) is 24.3 Å². The number of hydrogen-bond acceptors (Lipinski definition) is 5. The highest BCUT2D eigenvalue weighted by atomic mass is 16.2. The van der Waals surface area contributed by atoms with Crippen molar-refractivity contribution in [1.82, 2.24) is 20.6 Å². The molecule has 1 aromatic rings. The first kappa shape index (κ1) is 12.9. The van der Waals surface area contributed by atoms with Gasteiger partial charge in [0.1, 0.15) is 11.5 Å². The second-order valence-corrected chi connectivity index (χ2v) is 3.73. The van der Waals surface area contributed by atoms with Crippen LogP contribution in [-0.2, 0) is 4.79 Å². The minimum absolute atomic E-state index is 0.0377. The molecule has 0 radical (unpaired) electrons. The third-order valence-electron chi connectivity index (χ3n) is 1.76. The molecule has 1 rings (SSSR count). The second-order valence-electron chi connectivity index (χ2n) is 3.73. The van der Waals surface area contributed by atoms with E-state index in [9.17, 15) is 9.59 Å². The summed E-state index contributed by atoms with van der Waals surface area (Å²) in [4.78, 5) is 30.3. The van der Waals surface area contributed by atoms with Gasteiger partial charge in [-0.25, -0.2) is 9.97 Å². The topological polar surface area (TPSA) is 110 Å². The Morgan fingerprint density at radius 2 is 2.06 bits per heavy atom. The van der Waals surface area contributed by atoms with E-state index in [1.165, 1.54) is 12.4 Å². The van der Waals surface area contributed by atoms with E-state index in [2.05, 4.69) is 20.6 Å². The molecule has 0 aliphatic carbocycles. The number of carbonyl (C=O) groups is 2. The van der Waals surface area contributed by atoms with Gasteiger partial charge in [0.15, 0.2) is 0 Å². The third kappa shape index (κ3) is 4.45. The summed E-state index contributed by atoms with van der Waals surface area (Å²) in [5.41, 5.74) is 5.46. The lowest BCUT2D eigenvalue weighted by Gasteiger charge is -2.08. The van der Waals surface area contributed by atoms with Gasteiger partial charge in [-0.15, -0.1) is 0 Å². The minimum Gasteiger partial charge on any atom is -0.382 e. The van der Waals surface area contributed by atoms with E-state index in [0.717, 1.165) is 0 Å². The molecular formula is C10H15N5O2. The Morgan fingerprint density at radius 1 is 1.35 bits per heavy atom. The highest BCUT2D eigenvalue weighted by Gasteiger charge is 2.09. The lowest BCUT2D eigenvalue weighted by atomic mass is 10.3. The number of rotatable bonds is 4. The molecule has 17 heavy (non-hydrogen) atoms. The predicted octanol–water partition coefficient (Wildman–Crippen LogP) is -0.687. The van der Waals surface area contributed by atoms with Crippen molar-refractivity contribution < 1.29 is 9.59 Å². The van der Waals surface area contributed by atoms with Crippen LogP contribution in [0, 0.1) is 0 Å². The number of aromatic nitrogens is 2. The van der Waals surface area contributed by atoms with Crippen molar-refractivity contribution in [2.45, 2.75) is 19.9 Å². The molecule has 0 aliphatic rings. The smallest absolute Gasteiger partial charge is 0.271 e. The number of nitrogens with zero attached hydrogens (tertiary/aromatic N) is 2. The van der Waals surface area contributed by atoms with Crippen LogP contribution in [0.4, 0.5) is 5.82 Å². The molecule has 1 aromatic heterocycles. The number of nitrogens with two attached hydrogens (primary N) is 1. The molecule has 1 heterocycles. The van der Waals surface area contributed by atoms with E-state index in [1.54, 1.807) is 0 Å². The molecule has 4 N–H and O–H groups in total. The fraction of sp³-hybridized carbons (Fsp3) is 0.400. The van der Waals surface area contributed by atoms with Gasteiger partial charge in [0.05, 0.1) is 18.9 Å². The molecular weight excluding hydrogens is 222 g/mol. The zero-order valence-electron chi connectivity index (χ0n) is 9.73. The quantitative estimate of drug-likeness (QED) is 0.642. The monoisotopic (exact) mass is 237 g/mol. The SMILES string of the molecule is CC(C)NC(=O)CNC(=O)c1cnc(N)cn1. The van der Waals surface area contributed by atoms with Crippen LogP contribution in [0.5, 0.6) is 0 Å². The largest absolute Gasteiger partial charge is 0.382 e. The highest BCUT2D eigenvalue weighted by molar-refractivity contribution is 5.94. The molecule has 92 valence electrons. The molecule has 0 bridgehead atoms. The summed E-state index contributed by atoms with van der Waals surface area (Å²) in [6.07, 6.45) is 2.54. The number of nitrogens with one attached hydrogen (secondary N) is 2. The van der Waals surface area contributed by atoms with Crippen LogP contribution < -0.4 is 16.4 Å². The molecule has 0 atom stereocenters. The van der Waals surface area contributed by atoms with Crippen molar-refractivity contribution in [1.29, 1.82) is 0 Å². The maximum Gasteiger partial charge on any atom is 0.271 e. The van der Waals surface area contributed by atoms with E-state index in [1.807, 2.05) is 13.8 Å². The lowest BCUT2D eigenvalue weighted by molar-refractivity contribution is -0.120. The first-order valence-corrected chi connectivity index (χ1v) is 5.14. The van der Waals surface area contributed by atoms with E-state index in [-0.39, 0.29) is 30.0 Å². The van der Waals surface area contributed by atoms with E-state index >= 15 is 0 Å². The Bertz CT molecular complexity index is 402. The summed E-state index contributed by atoms with van der Waals surface area (Å²) in [7, 11) is 0. The fourth-order valence-electron chi connectivity index (χ4n) is 1.08. The maximum atomic E-state index is 11.5. The zero-order valence-corrected chi connectivity index (χ0v) is 9.73. The first-order chi connectivity index (χ1) is 7.99. The summed E-state index contributed by atoms with van der Waals surface area (Å²) >= 11 is 0. The predicted molar refractivity (Wildman–Crippen MR) is 62.1 cm³/mol. The van der Waals surface area contributed by atoms with E-state index in [0.29, 0.717) is 0 Å². The average Bonchev–Trinajstić information content (AvgIpc) is 2.26. The number of hydrogen-bond donors (Lipinski definition) is 3. The minimum atomic E-state index is -0.462. The van der Waals surface area contributed by atoms with Gasteiger partial charge in [-0.2, -0.15) is 0 Å². The standard InChI is InChI=1S/C10H15N5O2/c1-6(2)15-9(16)5-14-10(17)7-3-13-8(11)4-12-7/h3-4,6H,5H2,1-2H3,(H2,11,13)(H,14,17)(H,15,16). The Labute approximate surface area is 98.8 Å². The van der Waals surface area contributed by atoms with Gasteiger partial charge in [0, 0.05) is 6.04 Å². The van der Waals surface area contributed by atoms with Gasteiger partial charge < -0.3 is 16.4 Å². The fourth-order valence-corrected chi connectivity index (χ4v) is 1.08. The number of amides is 2. The molecule has 2 amide bonds. The van der Waals surface area contributed by atoms with Gasteiger partial charge in [-0.05, 0) is 13.8 Å². The van der Waals surface area contributed by atoms with Crippen molar-refractivity contribution in [3.05, 3.63) is 18.1 Å². The van der Waals surface area contributed by atoms with Crippen molar-refractivity contribution >= 4 is 17.6 Å². The van der Waals surface area contributed by atoms with Crippen LogP contribution in [0.2, 0.25) is 0 Å². The molecule has 0 unspecified atom stereocenters. The van der Waals surface area contributed by atoms with Gasteiger partial charge in [0.25, 0.3) is 5.91 Å². The highest BCUT2D eigenvalue weighted by Crippen LogP contribution is 1.95. The molecule has 0 spiro atoms. The summed E-state index contributed by atoms with van der Waals surface area (Å²) in [6, 6.07) is 0.0377. The Morgan fingerprint density at radius 3 is 2.59 bits per heavy atom. The van der Waals surface area contributed by atoms with Crippen LogP contribution >= 0.6 is 0 Å². The normalized spacial score (nSPS) is 10.1. The lowest BCUT2D eigenvalue weighted by Crippen LogP contribution is -2.40. The third-order valence-corrected chi connectivity index (χ3v) is 1.76. The van der Waals surface area contributed by atoms with Gasteiger partial charge >= 0.3 is 0 Å². The second kappa shape index (κ2) is 5.78. The Balaban J connectivity index is 2.45. The molecule has 0 saturated heterocycles. The van der Waals surface area contributed by atoms with Crippen LogP contribution in [0.15, 0.2) is 12.4 Å². The van der Waals surface area contributed by atoms with Crippen molar-refractivity contribution in [3.8, 4) is 0 Å². The van der Waals surface area contributed by atoms with E-state index in [4.69, 9.17) is 5.73 Å². The molecule has 0 aliphatic heterocycles. The Kier molecular flexibility index (Phi) is 4.38. The number of nitrogen functional groups attached to an aromatic ring is 1. The number of carbonyl (C=O) groups excluding carboxylic acids is 2. The zero-order chi connectivity index (χ0) is 12.8. The average molecular weight is 237 g/mol. The van der Waals surface area contributed by atoms with Crippen molar-refractivity contribution in [2.24, 2.45) is 0 Å². The first-order valence-electron chi connectivity index (χ1n) is 5.14. The van der Waals surface area contributed by atoms with Gasteiger partial charge in [-0.1, -0.05) is 0 Å². The summed E-state index contributed by atoms with van der Waals surface area (Å²) in [6.45, 7) is 3.58. The van der Waals surface area contributed by atoms with Gasteiger partial charge in [0.2, 0.25) is 5.91 Å². The molecule has 0 saturated carbocycles. The van der Waals surface area contributed by atoms with E-state index < -0.39 is 5.91 Å². The molecule has 7 heteroatoms. The van der Waals surface area contributed by atoms with Crippen LogP contribution in [0.25, 0.3) is 0 Å². The summed E-state index contributed by atoms with van der Waals surface area (Å²) in [5, 5.41) is 5.08. The Hall–Kier alpha value is -2.18. The van der Waals surface area contributed by atoms with Gasteiger partial charge in [-0.3, -0.25) is 9.59 Å². The molecule has 0 fully saturated rings. The summed E-state index contributed by atoms with van der Waals surface area (Å²) in [5.74, 6) is -0.479. The van der Waals surface area contributed by atoms with Crippen molar-refractivity contribution in [3.63, 3.8) is 0 Å². The molecule has 0 aromatic carbocycles. The van der Waals surface area contributed by atoms with Crippen LogP contribution in [-0.4, -0.2) is 34.4 Å². The summed E-state index contributed by atoms with van der Waals surface area (Å²) < 4.78 is 0. The number of anilines is 1.